The van der Waals surface area contributed by atoms with Crippen LogP contribution in [0.25, 0.3) is 11.0 Å². The van der Waals surface area contributed by atoms with Gasteiger partial charge in [0.05, 0.1) is 5.02 Å². The molecule has 2 unspecified atom stereocenters. The number of hydrogen-bond donors (Lipinski definition) is 1. The average Bonchev–Trinajstić information content (AvgIpc) is 2.85. The Morgan fingerprint density at radius 2 is 2.29 bits per heavy atom. The summed E-state index contributed by atoms with van der Waals surface area (Å²) in [6.45, 7) is 0. The number of benzene rings is 1. The Morgan fingerprint density at radius 1 is 1.47 bits per heavy atom. The van der Waals surface area contributed by atoms with Gasteiger partial charge in [-0.15, -0.1) is 0 Å². The fourth-order valence-electron chi connectivity index (χ4n) is 2.51. The van der Waals surface area contributed by atoms with Crippen molar-refractivity contribution in [2.45, 2.75) is 31.0 Å². The third-order valence-electron chi connectivity index (χ3n) is 3.43. The van der Waals surface area contributed by atoms with Crippen LogP contribution in [0, 0.1) is 0 Å². The predicted molar refractivity (Wildman–Crippen MR) is 65.8 cm³/mol. The molecular formula is C13H13ClFNO. The van der Waals surface area contributed by atoms with Crippen molar-refractivity contribution in [3.63, 3.8) is 0 Å². The van der Waals surface area contributed by atoms with Gasteiger partial charge in [0.15, 0.2) is 11.3 Å². The Kier molecular flexibility index (Phi) is 2.42. The van der Waals surface area contributed by atoms with Crippen LogP contribution in [-0.2, 0) is 5.67 Å². The lowest BCUT2D eigenvalue weighted by Crippen LogP contribution is -2.20. The number of halogens is 2. The van der Waals surface area contributed by atoms with Crippen LogP contribution in [0.2, 0.25) is 5.02 Å². The first kappa shape index (κ1) is 11.1. The van der Waals surface area contributed by atoms with Crippen molar-refractivity contribution in [3.8, 4) is 0 Å². The van der Waals surface area contributed by atoms with Crippen LogP contribution in [0.5, 0.6) is 0 Å². The second-order valence-corrected chi connectivity index (χ2v) is 5.14. The number of rotatable bonds is 1. The number of hydrogen-bond acceptors (Lipinski definition) is 2. The highest BCUT2D eigenvalue weighted by molar-refractivity contribution is 6.34. The Labute approximate surface area is 104 Å². The van der Waals surface area contributed by atoms with Crippen molar-refractivity contribution in [2.24, 2.45) is 5.73 Å². The van der Waals surface area contributed by atoms with Crippen LogP contribution in [0.1, 0.15) is 25.0 Å². The van der Waals surface area contributed by atoms with Crippen molar-refractivity contribution in [3.05, 3.63) is 35.0 Å². The summed E-state index contributed by atoms with van der Waals surface area (Å²) < 4.78 is 20.2. The number of fused-ring (bicyclic) bond motifs is 1. The lowest BCUT2D eigenvalue weighted by Gasteiger charge is -2.15. The number of alkyl halides is 1. The molecule has 0 amide bonds. The Hall–Kier alpha value is -1.06. The molecule has 1 fully saturated rings. The summed E-state index contributed by atoms with van der Waals surface area (Å²) in [6.07, 6.45) is 1.44. The molecule has 90 valence electrons. The minimum absolute atomic E-state index is 0.0799. The molecule has 2 nitrogen and oxygen atoms in total. The van der Waals surface area contributed by atoms with E-state index < -0.39 is 5.67 Å². The van der Waals surface area contributed by atoms with Crippen molar-refractivity contribution >= 4 is 22.6 Å². The van der Waals surface area contributed by atoms with Gasteiger partial charge < -0.3 is 10.2 Å². The molecule has 1 aliphatic carbocycles. The van der Waals surface area contributed by atoms with Crippen molar-refractivity contribution < 1.29 is 8.81 Å². The van der Waals surface area contributed by atoms with Gasteiger partial charge in [-0.2, -0.15) is 0 Å². The van der Waals surface area contributed by atoms with E-state index in [1.807, 2.05) is 12.1 Å². The molecule has 2 N–H and O–H groups in total. The first-order valence-corrected chi connectivity index (χ1v) is 6.09. The van der Waals surface area contributed by atoms with Gasteiger partial charge in [-0.25, -0.2) is 4.39 Å². The van der Waals surface area contributed by atoms with Crippen LogP contribution in [0.4, 0.5) is 4.39 Å². The standard InChI is InChI=1S/C13H13ClFNO/c14-10-3-1-2-8-6-11(17-12(8)10)13(15)5-4-9(16)7-13/h1-3,6,9H,4-5,7,16H2. The summed E-state index contributed by atoms with van der Waals surface area (Å²) in [6, 6.07) is 7.09. The SMILES string of the molecule is NC1CCC(F)(c2cc3cccc(Cl)c3o2)C1. The molecule has 0 spiro atoms. The largest absolute Gasteiger partial charge is 0.456 e. The molecule has 2 atom stereocenters. The van der Waals surface area contributed by atoms with E-state index in [9.17, 15) is 4.39 Å². The molecule has 1 aliphatic rings. The molecule has 1 heterocycles. The van der Waals surface area contributed by atoms with E-state index in [-0.39, 0.29) is 6.04 Å². The van der Waals surface area contributed by atoms with Crippen LogP contribution in [0.15, 0.2) is 28.7 Å². The second kappa shape index (κ2) is 3.72. The summed E-state index contributed by atoms with van der Waals surface area (Å²) in [5.41, 5.74) is 4.89. The number of para-hydroxylation sites is 1. The van der Waals surface area contributed by atoms with E-state index in [1.54, 1.807) is 12.1 Å². The Morgan fingerprint density at radius 3 is 2.94 bits per heavy atom. The van der Waals surface area contributed by atoms with E-state index in [0.717, 1.165) is 5.39 Å². The van der Waals surface area contributed by atoms with Crippen molar-refractivity contribution in [1.82, 2.24) is 0 Å². The smallest absolute Gasteiger partial charge is 0.169 e. The summed E-state index contributed by atoms with van der Waals surface area (Å²) in [5.74, 6) is 0.355. The molecular weight excluding hydrogens is 241 g/mol. The van der Waals surface area contributed by atoms with Gasteiger partial charge >= 0.3 is 0 Å². The zero-order valence-corrected chi connectivity index (χ0v) is 10.0. The van der Waals surface area contributed by atoms with Crippen LogP contribution >= 0.6 is 11.6 Å². The molecule has 1 aromatic heterocycles. The number of furan rings is 1. The zero-order valence-electron chi connectivity index (χ0n) is 9.25. The molecule has 3 rings (SSSR count). The topological polar surface area (TPSA) is 39.2 Å². The Balaban J connectivity index is 2.10. The third-order valence-corrected chi connectivity index (χ3v) is 3.73. The lowest BCUT2D eigenvalue weighted by atomic mass is 10.0. The first-order valence-electron chi connectivity index (χ1n) is 5.71. The fraction of sp³-hybridized carbons (Fsp3) is 0.385. The molecule has 0 saturated heterocycles. The molecule has 4 heteroatoms. The monoisotopic (exact) mass is 253 g/mol. The maximum Gasteiger partial charge on any atom is 0.169 e. The minimum atomic E-state index is -1.43. The highest BCUT2D eigenvalue weighted by Gasteiger charge is 2.42. The quantitative estimate of drug-likeness (QED) is 0.840. The second-order valence-electron chi connectivity index (χ2n) is 4.74. The Bertz CT molecular complexity index is 568. The van der Waals surface area contributed by atoms with Gasteiger partial charge in [0.2, 0.25) is 0 Å². The van der Waals surface area contributed by atoms with Crippen LogP contribution in [-0.4, -0.2) is 6.04 Å². The molecule has 0 bridgehead atoms. The molecule has 17 heavy (non-hydrogen) atoms. The lowest BCUT2D eigenvalue weighted by molar-refractivity contribution is 0.139. The van der Waals surface area contributed by atoms with Crippen LogP contribution in [0.3, 0.4) is 0 Å². The molecule has 0 aliphatic heterocycles. The van der Waals surface area contributed by atoms with Gasteiger partial charge in [0.25, 0.3) is 0 Å². The maximum absolute atomic E-state index is 14.6. The van der Waals surface area contributed by atoms with Gasteiger partial charge in [-0.05, 0) is 25.0 Å². The number of nitrogens with two attached hydrogens (primary N) is 1. The highest BCUT2D eigenvalue weighted by Crippen LogP contribution is 2.44. The normalized spacial score (nSPS) is 29.0. The van der Waals surface area contributed by atoms with E-state index >= 15 is 0 Å². The summed E-state index contributed by atoms with van der Waals surface area (Å²) in [5, 5.41) is 1.35. The molecule has 2 aromatic rings. The molecule has 0 radical (unpaired) electrons. The van der Waals surface area contributed by atoms with Crippen molar-refractivity contribution in [1.29, 1.82) is 0 Å². The predicted octanol–water partition coefficient (Wildman–Crippen LogP) is 3.76. The average molecular weight is 254 g/mol. The van der Waals surface area contributed by atoms with Crippen molar-refractivity contribution in [2.75, 3.05) is 0 Å². The summed E-state index contributed by atoms with van der Waals surface area (Å²) in [4.78, 5) is 0. The van der Waals surface area contributed by atoms with E-state index in [2.05, 4.69) is 0 Å². The van der Waals surface area contributed by atoms with E-state index in [1.165, 1.54) is 0 Å². The summed E-state index contributed by atoms with van der Waals surface area (Å²) >= 11 is 6.01. The maximum atomic E-state index is 14.6. The van der Waals surface area contributed by atoms with Gasteiger partial charge in [0.1, 0.15) is 5.76 Å². The molecule has 1 aromatic carbocycles. The third kappa shape index (κ3) is 1.74. The van der Waals surface area contributed by atoms with Gasteiger partial charge in [-0.1, -0.05) is 23.7 Å². The van der Waals surface area contributed by atoms with Crippen LogP contribution < -0.4 is 5.73 Å². The van der Waals surface area contributed by atoms with E-state index in [4.69, 9.17) is 21.8 Å². The molecule has 1 saturated carbocycles. The fourth-order valence-corrected chi connectivity index (χ4v) is 2.73. The highest BCUT2D eigenvalue weighted by atomic mass is 35.5. The first-order chi connectivity index (χ1) is 8.08. The zero-order chi connectivity index (χ0) is 12.0. The summed E-state index contributed by atoms with van der Waals surface area (Å²) in [7, 11) is 0. The van der Waals surface area contributed by atoms with Gasteiger partial charge in [-0.3, -0.25) is 0 Å². The minimum Gasteiger partial charge on any atom is -0.456 e. The van der Waals surface area contributed by atoms with Gasteiger partial charge in [0, 0.05) is 17.8 Å². The van der Waals surface area contributed by atoms with E-state index in [0.29, 0.717) is 35.6 Å².